The molecule has 1 saturated carbocycles. The molecule has 0 spiro atoms. The lowest BCUT2D eigenvalue weighted by atomic mass is 9.90. The van der Waals surface area contributed by atoms with E-state index in [0.717, 1.165) is 18.4 Å². The maximum atomic E-state index is 13.1. The first-order chi connectivity index (χ1) is 16.3. The molecule has 0 amide bonds. The molecule has 4 nitrogen and oxygen atoms in total. The molecule has 5 heteroatoms. The Morgan fingerprint density at radius 2 is 1.80 bits per heavy atom. The number of Topliss-reactive ketones (excluding diaryl/α,β-unsaturated/α-hetero) is 1. The maximum absolute atomic E-state index is 13.1. The van der Waals surface area contributed by atoms with Crippen molar-refractivity contribution in [3.8, 4) is 0 Å². The van der Waals surface area contributed by atoms with Gasteiger partial charge in [-0.25, -0.2) is 0 Å². The molecule has 0 heterocycles. The van der Waals surface area contributed by atoms with E-state index in [4.69, 9.17) is 9.16 Å². The predicted octanol–water partition coefficient (Wildman–Crippen LogP) is 7.67. The van der Waals surface area contributed by atoms with Crippen LogP contribution in [0.1, 0.15) is 77.8 Å². The lowest BCUT2D eigenvalue weighted by molar-refractivity contribution is -0.147. The van der Waals surface area contributed by atoms with Gasteiger partial charge in [0.25, 0.3) is 0 Å². The van der Waals surface area contributed by atoms with Crippen molar-refractivity contribution in [3.05, 3.63) is 53.6 Å². The molecule has 1 aliphatic rings. The number of unbranched alkanes of at least 4 members (excludes halogenated alkanes) is 1. The summed E-state index contributed by atoms with van der Waals surface area (Å²) in [6, 6.07) is 8.46. The molecule has 35 heavy (non-hydrogen) atoms. The number of allylic oxidation sites excluding steroid dienone is 2. The fraction of sp³-hybridized carbons (Fsp3) is 0.600. The van der Waals surface area contributed by atoms with Gasteiger partial charge in [0.2, 0.25) is 0 Å². The molecule has 1 aromatic carbocycles. The Morgan fingerprint density at radius 1 is 1.14 bits per heavy atom. The first-order valence-corrected chi connectivity index (χ1v) is 16.0. The summed E-state index contributed by atoms with van der Waals surface area (Å²) in [5.41, 5.74) is 2.38. The number of ketones is 1. The maximum Gasteiger partial charge on any atom is 0.306 e. The smallest absolute Gasteiger partial charge is 0.306 e. The summed E-state index contributed by atoms with van der Waals surface area (Å²) in [5.74, 6) is 0.126. The number of aryl methyl sites for hydroxylation is 1. The standard InChI is InChI=1S/C30H46O4Si/c1-22(2)33-29(32)14-12-10-9-11-13-25-26(20-19-24-17-15-23(3)16-18-24)28(21-27(25)31)34-35(7,8)30(4,5)6/h9,11,15-20,22,25-26,28H,10,12-14,21H2,1-8H3/b11-9-,20-19-/t25?,26-,28-/m1/s1. The summed E-state index contributed by atoms with van der Waals surface area (Å²) in [5, 5.41) is 0.0932. The second kappa shape index (κ2) is 12.8. The summed E-state index contributed by atoms with van der Waals surface area (Å²) >= 11 is 0. The minimum atomic E-state index is -2.01. The van der Waals surface area contributed by atoms with Crippen molar-refractivity contribution >= 4 is 26.1 Å². The molecule has 0 aliphatic heterocycles. The Kier molecular flexibility index (Phi) is 10.7. The summed E-state index contributed by atoms with van der Waals surface area (Å²) in [4.78, 5) is 24.8. The zero-order valence-electron chi connectivity index (χ0n) is 23.1. The molecule has 194 valence electrons. The third-order valence-electron chi connectivity index (χ3n) is 7.23. The Labute approximate surface area is 214 Å². The number of esters is 1. The van der Waals surface area contributed by atoms with E-state index in [1.54, 1.807) is 0 Å². The fourth-order valence-electron chi connectivity index (χ4n) is 4.13. The average Bonchev–Trinajstić information content (AvgIpc) is 3.02. The Bertz CT molecular complexity index is 890. The van der Waals surface area contributed by atoms with Gasteiger partial charge < -0.3 is 9.16 Å². The minimum absolute atomic E-state index is 0.0589. The average molecular weight is 499 g/mol. The van der Waals surface area contributed by atoms with Crippen LogP contribution >= 0.6 is 0 Å². The molecule has 1 fully saturated rings. The number of hydrogen-bond donors (Lipinski definition) is 0. The summed E-state index contributed by atoms with van der Waals surface area (Å²) in [7, 11) is -2.01. The van der Waals surface area contributed by atoms with Crippen LogP contribution in [0.3, 0.4) is 0 Å². The van der Waals surface area contributed by atoms with Crippen molar-refractivity contribution in [2.45, 2.75) is 104 Å². The van der Waals surface area contributed by atoms with Crippen LogP contribution < -0.4 is 0 Å². The molecule has 2 rings (SSSR count). The van der Waals surface area contributed by atoms with Gasteiger partial charge in [0.05, 0.1) is 12.2 Å². The number of carbonyl (C=O) groups excluding carboxylic acids is 2. The zero-order valence-corrected chi connectivity index (χ0v) is 24.1. The third kappa shape index (κ3) is 9.19. The number of benzene rings is 1. The monoisotopic (exact) mass is 498 g/mol. The lowest BCUT2D eigenvalue weighted by Crippen LogP contribution is -2.45. The van der Waals surface area contributed by atoms with Crippen molar-refractivity contribution < 1.29 is 18.8 Å². The van der Waals surface area contributed by atoms with Gasteiger partial charge in [0.1, 0.15) is 5.78 Å². The molecular weight excluding hydrogens is 452 g/mol. The molecule has 1 aliphatic carbocycles. The van der Waals surface area contributed by atoms with Crippen LogP contribution in [0.15, 0.2) is 42.5 Å². The SMILES string of the molecule is Cc1ccc(/C=C\[C@@H]2C(C/C=C\CCCC(=O)OC(C)C)C(=O)C[C@H]2O[Si](C)(C)C(C)(C)C)cc1. The predicted molar refractivity (Wildman–Crippen MR) is 148 cm³/mol. The van der Waals surface area contributed by atoms with Crippen LogP contribution in [-0.2, 0) is 18.8 Å². The van der Waals surface area contributed by atoms with Crippen LogP contribution in [0.2, 0.25) is 18.1 Å². The van der Waals surface area contributed by atoms with Gasteiger partial charge >= 0.3 is 5.97 Å². The van der Waals surface area contributed by atoms with Crippen molar-refractivity contribution in [3.63, 3.8) is 0 Å². The van der Waals surface area contributed by atoms with Crippen LogP contribution in [0.4, 0.5) is 0 Å². The van der Waals surface area contributed by atoms with E-state index < -0.39 is 8.32 Å². The molecule has 0 saturated heterocycles. The van der Waals surface area contributed by atoms with Crippen molar-refractivity contribution in [1.29, 1.82) is 0 Å². The Balaban J connectivity index is 2.09. The highest BCUT2D eigenvalue weighted by Gasteiger charge is 2.46. The third-order valence-corrected chi connectivity index (χ3v) is 11.7. The number of rotatable bonds is 11. The summed E-state index contributed by atoms with van der Waals surface area (Å²) in [6.07, 6.45) is 11.6. The van der Waals surface area contributed by atoms with Gasteiger partial charge in [0, 0.05) is 24.7 Å². The summed E-state index contributed by atoms with van der Waals surface area (Å²) < 4.78 is 12.0. The minimum Gasteiger partial charge on any atom is -0.463 e. The highest BCUT2D eigenvalue weighted by atomic mass is 28.4. The largest absolute Gasteiger partial charge is 0.463 e. The highest BCUT2D eigenvalue weighted by Crippen LogP contribution is 2.43. The number of ether oxygens (including phenoxy) is 1. The van der Waals surface area contributed by atoms with E-state index in [9.17, 15) is 9.59 Å². The summed E-state index contributed by atoms with van der Waals surface area (Å²) in [6.45, 7) is 17.1. The van der Waals surface area contributed by atoms with E-state index in [0.29, 0.717) is 19.3 Å². The highest BCUT2D eigenvalue weighted by molar-refractivity contribution is 6.74. The van der Waals surface area contributed by atoms with Crippen molar-refractivity contribution in [2.24, 2.45) is 11.8 Å². The van der Waals surface area contributed by atoms with Crippen molar-refractivity contribution in [2.75, 3.05) is 0 Å². The Morgan fingerprint density at radius 3 is 2.40 bits per heavy atom. The molecular formula is C30H46O4Si. The molecule has 0 radical (unpaired) electrons. The Hall–Kier alpha value is -1.98. The fourth-order valence-corrected chi connectivity index (χ4v) is 5.48. The van der Waals surface area contributed by atoms with Crippen LogP contribution in [0.25, 0.3) is 6.08 Å². The van der Waals surface area contributed by atoms with Gasteiger partial charge in [-0.2, -0.15) is 0 Å². The topological polar surface area (TPSA) is 52.6 Å². The van der Waals surface area contributed by atoms with Gasteiger partial charge in [-0.3, -0.25) is 9.59 Å². The first-order valence-electron chi connectivity index (χ1n) is 13.1. The zero-order chi connectivity index (χ0) is 26.2. The van der Waals surface area contributed by atoms with Gasteiger partial charge in [-0.15, -0.1) is 0 Å². The molecule has 0 bridgehead atoms. The molecule has 3 atom stereocenters. The molecule has 1 aromatic rings. The first kappa shape index (κ1) is 29.2. The van der Waals surface area contributed by atoms with E-state index in [2.05, 4.69) is 89.4 Å². The molecule has 0 N–H and O–H groups in total. The van der Waals surface area contributed by atoms with Crippen LogP contribution in [-0.4, -0.2) is 32.3 Å². The second-order valence-electron chi connectivity index (χ2n) is 11.7. The van der Waals surface area contributed by atoms with E-state index >= 15 is 0 Å². The normalized spacial score (nSPS) is 21.5. The second-order valence-corrected chi connectivity index (χ2v) is 16.4. The van der Waals surface area contributed by atoms with Crippen LogP contribution in [0, 0.1) is 18.8 Å². The van der Waals surface area contributed by atoms with Gasteiger partial charge in [-0.1, -0.05) is 74.9 Å². The van der Waals surface area contributed by atoms with Crippen molar-refractivity contribution in [1.82, 2.24) is 0 Å². The quantitative estimate of drug-likeness (QED) is 0.136. The molecule has 1 unspecified atom stereocenters. The lowest BCUT2D eigenvalue weighted by Gasteiger charge is -2.39. The van der Waals surface area contributed by atoms with E-state index in [1.165, 1.54) is 5.56 Å². The number of carbonyl (C=O) groups is 2. The van der Waals surface area contributed by atoms with Gasteiger partial charge in [0.15, 0.2) is 8.32 Å². The van der Waals surface area contributed by atoms with E-state index in [1.807, 2.05) is 13.8 Å². The van der Waals surface area contributed by atoms with Gasteiger partial charge in [-0.05, 0) is 63.7 Å². The van der Waals surface area contributed by atoms with E-state index in [-0.39, 0.29) is 40.8 Å². The van der Waals surface area contributed by atoms with Crippen LogP contribution in [0.5, 0.6) is 0 Å². The molecule has 0 aromatic heterocycles. The number of hydrogen-bond acceptors (Lipinski definition) is 4.